The Labute approximate surface area is 138 Å². The topological polar surface area (TPSA) is 91.4 Å². The van der Waals surface area contributed by atoms with Crippen molar-refractivity contribution in [1.29, 1.82) is 0 Å². The monoisotopic (exact) mass is 323 g/mol. The van der Waals surface area contributed by atoms with Gasteiger partial charge in [-0.25, -0.2) is 4.98 Å². The lowest BCUT2D eigenvalue weighted by Crippen LogP contribution is -2.12. The zero-order valence-corrected chi connectivity index (χ0v) is 13.0. The highest BCUT2D eigenvalue weighted by molar-refractivity contribution is 5.77. The van der Waals surface area contributed by atoms with Gasteiger partial charge in [0.15, 0.2) is 11.2 Å². The van der Waals surface area contributed by atoms with Gasteiger partial charge in [-0.3, -0.25) is 0 Å². The van der Waals surface area contributed by atoms with E-state index in [9.17, 15) is 0 Å². The molecule has 3 aromatic rings. The molecule has 0 unspecified atom stereocenters. The molecule has 0 spiro atoms. The van der Waals surface area contributed by atoms with E-state index in [1.165, 1.54) is 0 Å². The molecule has 1 aliphatic carbocycles. The van der Waals surface area contributed by atoms with Crippen molar-refractivity contribution in [2.24, 2.45) is 0 Å². The van der Waals surface area contributed by atoms with Gasteiger partial charge in [-0.1, -0.05) is 30.3 Å². The normalized spacial score (nSPS) is 24.9. The third-order valence-electron chi connectivity index (χ3n) is 4.73. The van der Waals surface area contributed by atoms with Crippen molar-refractivity contribution >= 4 is 17.1 Å². The molecule has 0 radical (unpaired) electrons. The first-order valence-electron chi connectivity index (χ1n) is 8.12. The zero-order valence-electron chi connectivity index (χ0n) is 13.0. The molecule has 24 heavy (non-hydrogen) atoms. The number of anilines is 1. The number of fused-ring (bicyclic) bond motifs is 2. The van der Waals surface area contributed by atoms with Crippen LogP contribution in [0.25, 0.3) is 11.2 Å². The molecule has 1 aliphatic heterocycles. The number of benzene rings is 1. The molecule has 2 aliphatic rings. The molecule has 1 saturated heterocycles. The Morgan fingerprint density at radius 2 is 2.08 bits per heavy atom. The first-order valence-corrected chi connectivity index (χ1v) is 8.12. The summed E-state index contributed by atoms with van der Waals surface area (Å²) in [6.07, 6.45) is 4.65. The van der Waals surface area contributed by atoms with Crippen LogP contribution in [0, 0.1) is 0 Å². The van der Waals surface area contributed by atoms with Crippen molar-refractivity contribution < 1.29 is 9.47 Å². The largest absolute Gasteiger partial charge is 0.471 e. The highest BCUT2D eigenvalue weighted by Crippen LogP contribution is 2.46. The summed E-state index contributed by atoms with van der Waals surface area (Å²) in [6, 6.07) is 10.2. The molecule has 2 aromatic heterocycles. The minimum atomic E-state index is 0.193. The van der Waals surface area contributed by atoms with E-state index in [4.69, 9.17) is 15.2 Å². The van der Waals surface area contributed by atoms with E-state index in [0.717, 1.165) is 18.4 Å². The number of epoxide rings is 1. The number of rotatable bonds is 4. The van der Waals surface area contributed by atoms with Crippen LogP contribution >= 0.6 is 0 Å². The summed E-state index contributed by atoms with van der Waals surface area (Å²) in [7, 11) is 0. The number of hydrogen-bond acceptors (Lipinski definition) is 6. The minimum Gasteiger partial charge on any atom is -0.471 e. The van der Waals surface area contributed by atoms with Crippen LogP contribution in [0.4, 0.5) is 5.95 Å². The van der Waals surface area contributed by atoms with E-state index < -0.39 is 0 Å². The number of aromatic nitrogens is 4. The molecule has 7 heteroatoms. The molecule has 2 fully saturated rings. The Morgan fingerprint density at radius 1 is 1.21 bits per heavy atom. The Morgan fingerprint density at radius 3 is 2.83 bits per heavy atom. The molecule has 7 nitrogen and oxygen atoms in total. The lowest BCUT2D eigenvalue weighted by atomic mass is 10.2. The predicted octanol–water partition coefficient (Wildman–Crippen LogP) is 2.09. The lowest BCUT2D eigenvalue weighted by molar-refractivity contribution is 0.268. The molecular weight excluding hydrogens is 306 g/mol. The van der Waals surface area contributed by atoms with Crippen LogP contribution in [0.15, 0.2) is 36.7 Å². The standard InChI is InChI=1S/C17H17N5O2/c18-17-20-15-13(16(21-17)23-8-10-4-2-1-3-5-10)19-9-22(15)11-6-7-12-14(11)24-12/h1-5,9,11-12,14H,6-8H2,(H2,18,20,21)/t11-,12-,14+/m0/s1. The Bertz CT molecular complexity index is 895. The number of nitrogens with zero attached hydrogens (tertiary/aromatic N) is 4. The van der Waals surface area contributed by atoms with Gasteiger partial charge in [0, 0.05) is 0 Å². The molecule has 5 rings (SSSR count). The van der Waals surface area contributed by atoms with Crippen LogP contribution in [0.3, 0.4) is 0 Å². The van der Waals surface area contributed by atoms with Crippen LogP contribution in [-0.4, -0.2) is 31.7 Å². The van der Waals surface area contributed by atoms with E-state index in [-0.39, 0.29) is 18.1 Å². The summed E-state index contributed by atoms with van der Waals surface area (Å²) in [6.45, 7) is 0.413. The van der Waals surface area contributed by atoms with Crippen LogP contribution in [0.2, 0.25) is 0 Å². The van der Waals surface area contributed by atoms with E-state index in [1.54, 1.807) is 6.33 Å². The average molecular weight is 323 g/mol. The van der Waals surface area contributed by atoms with E-state index >= 15 is 0 Å². The highest BCUT2D eigenvalue weighted by atomic mass is 16.6. The maximum absolute atomic E-state index is 5.89. The Hall–Kier alpha value is -2.67. The summed E-state index contributed by atoms with van der Waals surface area (Å²) >= 11 is 0. The fourth-order valence-corrected chi connectivity index (χ4v) is 3.50. The highest BCUT2D eigenvalue weighted by Gasteiger charge is 2.51. The van der Waals surface area contributed by atoms with Crippen molar-refractivity contribution in [2.75, 3.05) is 5.73 Å². The van der Waals surface area contributed by atoms with Crippen molar-refractivity contribution in [3.05, 3.63) is 42.2 Å². The predicted molar refractivity (Wildman–Crippen MR) is 87.4 cm³/mol. The average Bonchev–Trinajstić information content (AvgIpc) is 3.06. The molecule has 122 valence electrons. The number of ether oxygens (including phenoxy) is 2. The van der Waals surface area contributed by atoms with Gasteiger partial charge in [0.2, 0.25) is 11.8 Å². The van der Waals surface area contributed by atoms with Crippen LogP contribution in [-0.2, 0) is 11.3 Å². The number of imidazole rings is 1. The molecule has 1 saturated carbocycles. The molecule has 0 amide bonds. The lowest BCUT2D eigenvalue weighted by Gasteiger charge is -2.13. The summed E-state index contributed by atoms with van der Waals surface area (Å²) in [5, 5.41) is 0. The second-order valence-corrected chi connectivity index (χ2v) is 6.27. The molecular formula is C17H17N5O2. The first-order chi connectivity index (χ1) is 11.8. The van der Waals surface area contributed by atoms with Gasteiger partial charge in [0.05, 0.1) is 18.5 Å². The number of hydrogen-bond donors (Lipinski definition) is 1. The van der Waals surface area contributed by atoms with Crippen molar-refractivity contribution in [3.63, 3.8) is 0 Å². The van der Waals surface area contributed by atoms with Gasteiger partial charge in [0.25, 0.3) is 0 Å². The SMILES string of the molecule is Nc1nc(OCc2ccccc2)c2ncn([C@H]3CC[C@@H]4O[C@@H]43)c2n1. The van der Waals surface area contributed by atoms with Gasteiger partial charge in [-0.15, -0.1) is 0 Å². The minimum absolute atomic E-state index is 0.193. The fraction of sp³-hybridized carbons (Fsp3) is 0.353. The van der Waals surface area contributed by atoms with Gasteiger partial charge in [-0.05, 0) is 18.4 Å². The quantitative estimate of drug-likeness (QED) is 0.739. The van der Waals surface area contributed by atoms with E-state index in [2.05, 4.69) is 19.5 Å². The number of nitrogen functional groups attached to an aromatic ring is 1. The Balaban J connectivity index is 1.49. The van der Waals surface area contributed by atoms with Crippen LogP contribution in [0.5, 0.6) is 5.88 Å². The second-order valence-electron chi connectivity index (χ2n) is 6.27. The van der Waals surface area contributed by atoms with E-state index in [1.807, 2.05) is 30.3 Å². The van der Waals surface area contributed by atoms with Gasteiger partial charge < -0.3 is 19.8 Å². The smallest absolute Gasteiger partial charge is 0.247 e. The third-order valence-corrected chi connectivity index (χ3v) is 4.73. The summed E-state index contributed by atoms with van der Waals surface area (Å²) in [5.41, 5.74) is 8.31. The van der Waals surface area contributed by atoms with Crippen molar-refractivity contribution in [1.82, 2.24) is 19.5 Å². The third kappa shape index (κ3) is 2.20. The maximum Gasteiger partial charge on any atom is 0.247 e. The first kappa shape index (κ1) is 13.7. The summed E-state index contributed by atoms with van der Waals surface area (Å²) in [4.78, 5) is 13.1. The van der Waals surface area contributed by atoms with Gasteiger partial charge in [-0.2, -0.15) is 9.97 Å². The maximum atomic E-state index is 5.89. The van der Waals surface area contributed by atoms with Crippen molar-refractivity contribution in [3.8, 4) is 5.88 Å². The summed E-state index contributed by atoms with van der Waals surface area (Å²) < 4.78 is 13.6. The molecule has 0 bridgehead atoms. The number of nitrogens with two attached hydrogens (primary N) is 1. The zero-order chi connectivity index (χ0) is 16.1. The van der Waals surface area contributed by atoms with Crippen LogP contribution in [0.1, 0.15) is 24.4 Å². The molecule has 3 heterocycles. The second kappa shape index (κ2) is 5.17. The van der Waals surface area contributed by atoms with Crippen molar-refractivity contribution in [2.45, 2.75) is 37.7 Å². The molecule has 1 aromatic carbocycles. The molecule has 3 atom stereocenters. The van der Waals surface area contributed by atoms with Crippen LogP contribution < -0.4 is 10.5 Å². The fourth-order valence-electron chi connectivity index (χ4n) is 3.50. The van der Waals surface area contributed by atoms with E-state index in [0.29, 0.717) is 29.8 Å². The molecule has 2 N–H and O–H groups in total. The summed E-state index contributed by atoms with van der Waals surface area (Å²) in [5.74, 6) is 0.616. The van der Waals surface area contributed by atoms with Gasteiger partial charge >= 0.3 is 0 Å². The Kier molecular flexibility index (Phi) is 2.96. The van der Waals surface area contributed by atoms with Gasteiger partial charge in [0.1, 0.15) is 12.7 Å².